The molecule has 0 aliphatic carbocycles. The molecular formula is C12H11N3O2. The van der Waals surface area contributed by atoms with Gasteiger partial charge in [0.15, 0.2) is 0 Å². The molecule has 1 aromatic rings. The van der Waals surface area contributed by atoms with Crippen LogP contribution in [0.3, 0.4) is 0 Å². The quantitative estimate of drug-likeness (QED) is 0.770. The maximum absolute atomic E-state index is 10.5. The van der Waals surface area contributed by atoms with Gasteiger partial charge in [-0.15, -0.1) is 0 Å². The molecule has 1 rings (SSSR count). The van der Waals surface area contributed by atoms with Gasteiger partial charge in [0.25, 0.3) is 0 Å². The van der Waals surface area contributed by atoms with Crippen molar-refractivity contribution in [1.82, 2.24) is 0 Å². The van der Waals surface area contributed by atoms with E-state index in [0.29, 0.717) is 11.3 Å². The number of nitriles is 2. The predicted octanol–water partition coefficient (Wildman–Crippen LogP) is 1.36. The molecule has 5 heteroatoms. The Morgan fingerprint density at radius 1 is 1.41 bits per heavy atom. The van der Waals surface area contributed by atoms with Gasteiger partial charge < -0.3 is 10.0 Å². The van der Waals surface area contributed by atoms with Crippen LogP contribution >= 0.6 is 0 Å². The molecule has 86 valence electrons. The monoisotopic (exact) mass is 229 g/mol. The zero-order chi connectivity index (χ0) is 12.7. The number of hydrogen-bond donors (Lipinski definition) is 1. The highest BCUT2D eigenvalue weighted by Gasteiger charge is 2.08. The lowest BCUT2D eigenvalue weighted by Crippen LogP contribution is -2.26. The summed E-state index contributed by atoms with van der Waals surface area (Å²) in [7, 11) is 0. The normalized spacial score (nSPS) is 9.06. The van der Waals surface area contributed by atoms with Gasteiger partial charge in [0.1, 0.15) is 6.54 Å². The molecule has 0 spiro atoms. The largest absolute Gasteiger partial charge is 0.481 e. The Morgan fingerprint density at radius 2 is 2.18 bits per heavy atom. The van der Waals surface area contributed by atoms with E-state index in [1.165, 1.54) is 0 Å². The zero-order valence-electron chi connectivity index (χ0n) is 9.13. The fourth-order valence-corrected chi connectivity index (χ4v) is 1.39. The van der Waals surface area contributed by atoms with E-state index >= 15 is 0 Å². The average Bonchev–Trinajstić information content (AvgIpc) is 2.34. The molecular weight excluding hydrogens is 218 g/mol. The van der Waals surface area contributed by atoms with Crippen LogP contribution in [0, 0.1) is 22.7 Å². The second-order valence-electron chi connectivity index (χ2n) is 3.39. The molecule has 0 unspecified atom stereocenters. The first-order valence-electron chi connectivity index (χ1n) is 5.01. The van der Waals surface area contributed by atoms with E-state index in [1.807, 2.05) is 12.1 Å². The van der Waals surface area contributed by atoms with Crippen LogP contribution in [0.15, 0.2) is 24.3 Å². The highest BCUT2D eigenvalue weighted by atomic mass is 16.4. The van der Waals surface area contributed by atoms with Crippen LogP contribution in [-0.2, 0) is 4.79 Å². The Hall–Kier alpha value is -2.53. The lowest BCUT2D eigenvalue weighted by Gasteiger charge is -2.20. The Balaban J connectivity index is 2.86. The number of hydrogen-bond acceptors (Lipinski definition) is 4. The molecule has 1 N–H and O–H groups in total. The first-order valence-corrected chi connectivity index (χ1v) is 5.01. The third-order valence-electron chi connectivity index (χ3n) is 2.20. The topological polar surface area (TPSA) is 88.1 Å². The van der Waals surface area contributed by atoms with Crippen molar-refractivity contribution in [3.05, 3.63) is 29.8 Å². The van der Waals surface area contributed by atoms with E-state index in [9.17, 15) is 4.79 Å². The van der Waals surface area contributed by atoms with Gasteiger partial charge in [0.2, 0.25) is 0 Å². The van der Waals surface area contributed by atoms with E-state index in [-0.39, 0.29) is 19.5 Å². The van der Waals surface area contributed by atoms with Crippen LogP contribution in [0.4, 0.5) is 5.69 Å². The van der Waals surface area contributed by atoms with Gasteiger partial charge in [0, 0.05) is 12.2 Å². The van der Waals surface area contributed by atoms with Crippen LogP contribution < -0.4 is 4.90 Å². The van der Waals surface area contributed by atoms with Crippen molar-refractivity contribution in [2.75, 3.05) is 18.0 Å². The molecule has 5 nitrogen and oxygen atoms in total. The van der Waals surface area contributed by atoms with Gasteiger partial charge in [-0.25, -0.2) is 0 Å². The standard InChI is InChI=1S/C12H11N3O2/c13-5-7-15(6-4-12(16)17)11-3-1-2-10(8-11)9-14/h1-3,8H,4,6-7H2,(H,16,17). The van der Waals surface area contributed by atoms with Gasteiger partial charge >= 0.3 is 5.97 Å². The first-order chi connectivity index (χ1) is 8.17. The van der Waals surface area contributed by atoms with Gasteiger partial charge in [-0.05, 0) is 18.2 Å². The SMILES string of the molecule is N#CCN(CCC(=O)O)c1cccc(C#N)c1. The third kappa shape index (κ3) is 3.84. The molecule has 0 fully saturated rings. The fraction of sp³-hybridized carbons (Fsp3) is 0.250. The summed E-state index contributed by atoms with van der Waals surface area (Å²) in [5, 5.41) is 26.1. The number of aliphatic carboxylic acids is 1. The average molecular weight is 229 g/mol. The molecule has 17 heavy (non-hydrogen) atoms. The molecule has 0 atom stereocenters. The van der Waals surface area contributed by atoms with E-state index < -0.39 is 5.97 Å². The van der Waals surface area contributed by atoms with Crippen molar-refractivity contribution < 1.29 is 9.90 Å². The maximum Gasteiger partial charge on any atom is 0.305 e. The van der Waals surface area contributed by atoms with Crippen LogP contribution in [0.2, 0.25) is 0 Å². The number of carbonyl (C=O) groups is 1. The summed E-state index contributed by atoms with van der Waals surface area (Å²) < 4.78 is 0. The first kappa shape index (κ1) is 12.5. The molecule has 0 bridgehead atoms. The van der Waals surface area contributed by atoms with Crippen molar-refractivity contribution in [1.29, 1.82) is 10.5 Å². The Labute approximate surface area is 99.1 Å². The third-order valence-corrected chi connectivity index (χ3v) is 2.20. The Bertz CT molecular complexity index is 485. The highest BCUT2D eigenvalue weighted by Crippen LogP contribution is 2.15. The second-order valence-corrected chi connectivity index (χ2v) is 3.39. The molecule has 0 saturated heterocycles. The van der Waals surface area contributed by atoms with Crippen LogP contribution in [0.5, 0.6) is 0 Å². The van der Waals surface area contributed by atoms with Gasteiger partial charge in [0.05, 0.1) is 24.1 Å². The van der Waals surface area contributed by atoms with Crippen molar-refractivity contribution in [2.24, 2.45) is 0 Å². The fourth-order valence-electron chi connectivity index (χ4n) is 1.39. The van der Waals surface area contributed by atoms with E-state index in [4.69, 9.17) is 15.6 Å². The van der Waals surface area contributed by atoms with Gasteiger partial charge in [-0.3, -0.25) is 4.79 Å². The lowest BCUT2D eigenvalue weighted by atomic mass is 10.2. The summed E-state index contributed by atoms with van der Waals surface area (Å²) in [6.07, 6.45) is -0.0432. The number of benzene rings is 1. The van der Waals surface area contributed by atoms with Crippen LogP contribution in [-0.4, -0.2) is 24.2 Å². The number of carboxylic acids is 1. The number of rotatable bonds is 5. The molecule has 0 amide bonds. The minimum absolute atomic E-state index is 0.0432. The van der Waals surface area contributed by atoms with E-state index in [1.54, 1.807) is 29.2 Å². The van der Waals surface area contributed by atoms with Crippen molar-refractivity contribution in [3.63, 3.8) is 0 Å². The van der Waals surface area contributed by atoms with Gasteiger partial charge in [-0.2, -0.15) is 10.5 Å². The highest BCUT2D eigenvalue weighted by molar-refractivity contribution is 5.67. The van der Waals surface area contributed by atoms with E-state index in [0.717, 1.165) is 0 Å². The summed E-state index contributed by atoms with van der Waals surface area (Å²) in [6.45, 7) is 0.347. The van der Waals surface area contributed by atoms with Gasteiger partial charge in [-0.1, -0.05) is 6.07 Å². The molecule has 0 heterocycles. The molecule has 0 saturated carbocycles. The number of nitrogens with zero attached hydrogens (tertiary/aromatic N) is 3. The van der Waals surface area contributed by atoms with E-state index in [2.05, 4.69) is 0 Å². The molecule has 0 aliphatic rings. The Kier molecular flexibility index (Phi) is 4.53. The summed E-state index contributed by atoms with van der Waals surface area (Å²) in [5.41, 5.74) is 1.17. The molecule has 0 aliphatic heterocycles. The molecule has 1 aromatic carbocycles. The Morgan fingerprint density at radius 3 is 2.76 bits per heavy atom. The number of carboxylic acid groups (broad SMARTS) is 1. The van der Waals surface area contributed by atoms with Crippen LogP contribution in [0.25, 0.3) is 0 Å². The summed E-state index contributed by atoms with van der Waals surface area (Å²) in [6, 6.07) is 10.7. The summed E-state index contributed by atoms with van der Waals surface area (Å²) in [5.74, 6) is -0.913. The van der Waals surface area contributed by atoms with Crippen molar-refractivity contribution in [2.45, 2.75) is 6.42 Å². The maximum atomic E-state index is 10.5. The minimum Gasteiger partial charge on any atom is -0.481 e. The second kappa shape index (κ2) is 6.14. The minimum atomic E-state index is -0.913. The summed E-state index contributed by atoms with van der Waals surface area (Å²) >= 11 is 0. The molecule has 0 aromatic heterocycles. The smallest absolute Gasteiger partial charge is 0.305 e. The predicted molar refractivity (Wildman–Crippen MR) is 61.2 cm³/mol. The van der Waals surface area contributed by atoms with Crippen molar-refractivity contribution >= 4 is 11.7 Å². The lowest BCUT2D eigenvalue weighted by molar-refractivity contribution is -0.136. The molecule has 0 radical (unpaired) electrons. The van der Waals surface area contributed by atoms with Crippen LogP contribution in [0.1, 0.15) is 12.0 Å². The zero-order valence-corrected chi connectivity index (χ0v) is 9.13. The summed E-state index contributed by atoms with van der Waals surface area (Å²) in [4.78, 5) is 12.1. The van der Waals surface area contributed by atoms with Crippen molar-refractivity contribution in [3.8, 4) is 12.1 Å². The number of anilines is 1.